The highest BCUT2D eigenvalue weighted by Gasteiger charge is 2.23. The molecule has 4 rings (SSSR count). The van der Waals surface area contributed by atoms with Gasteiger partial charge in [-0.3, -0.25) is 0 Å². The lowest BCUT2D eigenvalue weighted by atomic mass is 9.98. The van der Waals surface area contributed by atoms with Crippen LogP contribution < -0.4 is 10.6 Å². The van der Waals surface area contributed by atoms with Crippen molar-refractivity contribution in [2.45, 2.75) is 38.1 Å². The molecule has 0 amide bonds. The SMILES string of the molecule is CN1CCCc2cc(-c3nc4c(s3)C(N)CCC4)ccc21. The van der Waals surface area contributed by atoms with Gasteiger partial charge in [0.2, 0.25) is 0 Å². The van der Waals surface area contributed by atoms with Crippen molar-refractivity contribution in [3.63, 3.8) is 0 Å². The Morgan fingerprint density at radius 1 is 1.29 bits per heavy atom. The van der Waals surface area contributed by atoms with Crippen LogP contribution >= 0.6 is 11.3 Å². The number of thiazole rings is 1. The van der Waals surface area contributed by atoms with E-state index < -0.39 is 0 Å². The van der Waals surface area contributed by atoms with E-state index in [9.17, 15) is 0 Å². The third-order valence-corrected chi connectivity index (χ3v) is 5.95. The molecule has 2 aromatic rings. The molecule has 3 nitrogen and oxygen atoms in total. The molecule has 1 atom stereocenters. The number of aryl methyl sites for hydroxylation is 2. The van der Waals surface area contributed by atoms with Gasteiger partial charge in [0.05, 0.1) is 5.69 Å². The molecule has 2 N–H and O–H groups in total. The van der Waals surface area contributed by atoms with Crippen molar-refractivity contribution in [3.05, 3.63) is 34.3 Å². The quantitative estimate of drug-likeness (QED) is 0.876. The molecule has 21 heavy (non-hydrogen) atoms. The van der Waals surface area contributed by atoms with Gasteiger partial charge in [-0.1, -0.05) is 0 Å². The highest BCUT2D eigenvalue weighted by Crippen LogP contribution is 2.38. The number of fused-ring (bicyclic) bond motifs is 2. The molecule has 1 aromatic heterocycles. The molecule has 0 spiro atoms. The Bertz CT molecular complexity index is 677. The minimum absolute atomic E-state index is 0.198. The molecule has 110 valence electrons. The predicted molar refractivity (Wildman–Crippen MR) is 89.0 cm³/mol. The van der Waals surface area contributed by atoms with Crippen molar-refractivity contribution in [2.75, 3.05) is 18.5 Å². The largest absolute Gasteiger partial charge is 0.374 e. The van der Waals surface area contributed by atoms with E-state index >= 15 is 0 Å². The summed E-state index contributed by atoms with van der Waals surface area (Å²) in [5, 5.41) is 1.15. The van der Waals surface area contributed by atoms with E-state index in [1.54, 1.807) is 11.3 Å². The first-order valence-corrected chi connectivity index (χ1v) is 8.63. The summed E-state index contributed by atoms with van der Waals surface area (Å²) < 4.78 is 0. The average Bonchev–Trinajstić information content (AvgIpc) is 2.93. The molecule has 0 bridgehead atoms. The summed E-state index contributed by atoms with van der Waals surface area (Å²) in [5.41, 5.74) is 11.6. The van der Waals surface area contributed by atoms with Crippen LogP contribution in [0.2, 0.25) is 0 Å². The molecule has 2 aliphatic rings. The van der Waals surface area contributed by atoms with Gasteiger partial charge in [0, 0.05) is 35.8 Å². The van der Waals surface area contributed by atoms with E-state index in [4.69, 9.17) is 10.7 Å². The minimum atomic E-state index is 0.198. The summed E-state index contributed by atoms with van der Waals surface area (Å²) in [5.74, 6) is 0. The van der Waals surface area contributed by atoms with Crippen molar-refractivity contribution >= 4 is 17.0 Å². The predicted octanol–water partition coefficient (Wildman–Crippen LogP) is 3.53. The van der Waals surface area contributed by atoms with Gasteiger partial charge in [-0.05, 0) is 55.9 Å². The summed E-state index contributed by atoms with van der Waals surface area (Å²) in [4.78, 5) is 8.53. The molecule has 2 heterocycles. The first-order valence-electron chi connectivity index (χ1n) is 7.82. The van der Waals surface area contributed by atoms with Crippen LogP contribution in [0.15, 0.2) is 18.2 Å². The first-order chi connectivity index (χ1) is 10.2. The number of aromatic nitrogens is 1. The summed E-state index contributed by atoms with van der Waals surface area (Å²) >= 11 is 1.80. The lowest BCUT2D eigenvalue weighted by Gasteiger charge is -2.27. The lowest BCUT2D eigenvalue weighted by molar-refractivity contribution is 0.573. The van der Waals surface area contributed by atoms with Gasteiger partial charge in [-0.15, -0.1) is 11.3 Å². The van der Waals surface area contributed by atoms with Gasteiger partial charge in [0.15, 0.2) is 0 Å². The Balaban J connectivity index is 1.74. The number of hydrogen-bond donors (Lipinski definition) is 1. The van der Waals surface area contributed by atoms with Gasteiger partial charge >= 0.3 is 0 Å². The second-order valence-electron chi connectivity index (χ2n) is 6.20. The topological polar surface area (TPSA) is 42.2 Å². The Morgan fingerprint density at radius 3 is 3.05 bits per heavy atom. The van der Waals surface area contributed by atoms with Crippen LogP contribution in [0.25, 0.3) is 10.6 Å². The zero-order valence-corrected chi connectivity index (χ0v) is 13.2. The van der Waals surface area contributed by atoms with Gasteiger partial charge in [-0.25, -0.2) is 4.98 Å². The molecule has 0 saturated heterocycles. The maximum atomic E-state index is 6.23. The zero-order chi connectivity index (χ0) is 14.4. The Labute approximate surface area is 129 Å². The smallest absolute Gasteiger partial charge is 0.123 e. The number of anilines is 1. The van der Waals surface area contributed by atoms with Crippen LogP contribution in [0.3, 0.4) is 0 Å². The van der Waals surface area contributed by atoms with Gasteiger partial charge in [0.25, 0.3) is 0 Å². The van der Waals surface area contributed by atoms with Crippen LogP contribution in [0.5, 0.6) is 0 Å². The molecule has 0 saturated carbocycles. The van der Waals surface area contributed by atoms with Gasteiger partial charge < -0.3 is 10.6 Å². The van der Waals surface area contributed by atoms with Crippen molar-refractivity contribution in [1.82, 2.24) is 4.98 Å². The highest BCUT2D eigenvalue weighted by atomic mass is 32.1. The number of benzene rings is 1. The molecule has 1 unspecified atom stereocenters. The number of rotatable bonds is 1. The van der Waals surface area contributed by atoms with Gasteiger partial charge in [0.1, 0.15) is 5.01 Å². The van der Waals surface area contributed by atoms with Crippen LogP contribution in [0.4, 0.5) is 5.69 Å². The highest BCUT2D eigenvalue weighted by molar-refractivity contribution is 7.15. The Morgan fingerprint density at radius 2 is 2.19 bits per heavy atom. The normalized spacial score (nSPS) is 21.0. The monoisotopic (exact) mass is 299 g/mol. The molecule has 1 aliphatic carbocycles. The number of hydrogen-bond acceptors (Lipinski definition) is 4. The average molecular weight is 299 g/mol. The fourth-order valence-corrected chi connectivity index (χ4v) is 4.64. The molecule has 0 radical (unpaired) electrons. The van der Waals surface area contributed by atoms with Crippen molar-refractivity contribution in [2.24, 2.45) is 5.73 Å². The second-order valence-corrected chi connectivity index (χ2v) is 7.23. The summed E-state index contributed by atoms with van der Waals surface area (Å²) in [6.45, 7) is 1.16. The van der Waals surface area contributed by atoms with Crippen molar-refractivity contribution in [1.29, 1.82) is 0 Å². The molecular formula is C17H21N3S. The molecular weight excluding hydrogens is 278 g/mol. The van der Waals surface area contributed by atoms with Crippen molar-refractivity contribution in [3.8, 4) is 10.6 Å². The van der Waals surface area contributed by atoms with E-state index in [1.165, 1.54) is 46.6 Å². The zero-order valence-electron chi connectivity index (χ0n) is 12.4. The fraction of sp³-hybridized carbons (Fsp3) is 0.471. The molecule has 4 heteroatoms. The number of nitrogens with zero attached hydrogens (tertiary/aromatic N) is 2. The summed E-state index contributed by atoms with van der Waals surface area (Å²) in [7, 11) is 2.18. The van der Waals surface area contributed by atoms with Crippen LogP contribution in [0.1, 0.15) is 41.4 Å². The van der Waals surface area contributed by atoms with Crippen molar-refractivity contribution < 1.29 is 0 Å². The first kappa shape index (κ1) is 13.3. The minimum Gasteiger partial charge on any atom is -0.374 e. The number of nitrogens with two attached hydrogens (primary N) is 1. The third kappa shape index (κ3) is 2.27. The van der Waals surface area contributed by atoms with Gasteiger partial charge in [-0.2, -0.15) is 0 Å². The molecule has 0 fully saturated rings. The van der Waals surface area contributed by atoms with Crippen LogP contribution in [-0.4, -0.2) is 18.6 Å². The van der Waals surface area contributed by atoms with E-state index in [0.29, 0.717) is 0 Å². The lowest BCUT2D eigenvalue weighted by Crippen LogP contribution is -2.24. The standard InChI is InChI=1S/C17H21N3S/c1-20-9-3-4-11-10-12(7-8-15(11)20)17-19-14-6-2-5-13(18)16(14)21-17/h7-8,10,13H,2-6,9,18H2,1H3. The third-order valence-electron chi connectivity index (χ3n) is 4.67. The second kappa shape index (κ2) is 5.11. The van der Waals surface area contributed by atoms with E-state index in [1.807, 2.05) is 0 Å². The summed E-state index contributed by atoms with van der Waals surface area (Å²) in [6.07, 6.45) is 5.79. The van der Waals surface area contributed by atoms with E-state index in [-0.39, 0.29) is 6.04 Å². The van der Waals surface area contributed by atoms with Crippen LogP contribution in [-0.2, 0) is 12.8 Å². The van der Waals surface area contributed by atoms with E-state index in [2.05, 4.69) is 30.1 Å². The molecule has 1 aliphatic heterocycles. The Kier molecular flexibility index (Phi) is 3.23. The van der Waals surface area contributed by atoms with Crippen LogP contribution in [0, 0.1) is 0 Å². The van der Waals surface area contributed by atoms with E-state index in [0.717, 1.165) is 24.4 Å². The maximum Gasteiger partial charge on any atom is 0.123 e. The molecule has 1 aromatic carbocycles. The maximum absolute atomic E-state index is 6.23. The Hall–Kier alpha value is -1.39. The fourth-order valence-electron chi connectivity index (χ4n) is 3.49. The summed E-state index contributed by atoms with van der Waals surface area (Å²) in [6, 6.07) is 7.00.